The Labute approximate surface area is 189 Å². The third-order valence-electron chi connectivity index (χ3n) is 5.05. The molecule has 1 atom stereocenters. The van der Waals surface area contributed by atoms with Crippen LogP contribution < -0.4 is 10.1 Å². The van der Waals surface area contributed by atoms with Crippen molar-refractivity contribution in [1.82, 2.24) is 0 Å². The number of nitrogens with zero attached hydrogens (tertiary/aromatic N) is 2. The fourth-order valence-corrected chi connectivity index (χ4v) is 4.99. The van der Waals surface area contributed by atoms with Crippen molar-refractivity contribution in [3.05, 3.63) is 49.8 Å². The molecule has 0 bridgehead atoms. The average molecular weight is 484 g/mol. The molecule has 1 aromatic heterocycles. The van der Waals surface area contributed by atoms with Crippen LogP contribution in [0.15, 0.2) is 28.2 Å². The van der Waals surface area contributed by atoms with Gasteiger partial charge in [0.15, 0.2) is 0 Å². The minimum atomic E-state index is -0.511. The Balaban J connectivity index is 1.81. The highest BCUT2D eigenvalue weighted by Crippen LogP contribution is 2.37. The number of amides is 1. The summed E-state index contributed by atoms with van der Waals surface area (Å²) in [6, 6.07) is 9.62. The van der Waals surface area contributed by atoms with Crippen molar-refractivity contribution in [2.45, 2.75) is 52.1 Å². The second-order valence-electron chi connectivity index (χ2n) is 7.18. The van der Waals surface area contributed by atoms with E-state index in [9.17, 15) is 15.3 Å². The monoisotopic (exact) mass is 483 g/mol. The second kappa shape index (κ2) is 9.93. The summed E-state index contributed by atoms with van der Waals surface area (Å²) in [5.74, 6) is 0.205. The van der Waals surface area contributed by atoms with Crippen molar-refractivity contribution in [3.63, 3.8) is 0 Å². The summed E-state index contributed by atoms with van der Waals surface area (Å²) < 4.78 is 6.59. The van der Waals surface area contributed by atoms with Crippen LogP contribution in [0.2, 0.25) is 0 Å². The molecular formula is C23H22BrN3O2S. The van der Waals surface area contributed by atoms with E-state index in [0.717, 1.165) is 47.0 Å². The van der Waals surface area contributed by atoms with Gasteiger partial charge in [0.25, 0.3) is 5.91 Å². The third kappa shape index (κ3) is 4.92. The molecule has 1 amide bonds. The first-order valence-electron chi connectivity index (χ1n) is 9.90. The largest absolute Gasteiger partial charge is 0.490 e. The maximum atomic E-state index is 12.7. The molecule has 1 unspecified atom stereocenters. The van der Waals surface area contributed by atoms with Gasteiger partial charge in [-0.25, -0.2) is 0 Å². The van der Waals surface area contributed by atoms with Crippen molar-refractivity contribution < 1.29 is 9.53 Å². The van der Waals surface area contributed by atoms with Gasteiger partial charge >= 0.3 is 0 Å². The minimum absolute atomic E-state index is 0.0206. The zero-order valence-electron chi connectivity index (χ0n) is 16.9. The summed E-state index contributed by atoms with van der Waals surface area (Å²) in [6.07, 6.45) is 6.47. The van der Waals surface area contributed by atoms with Crippen LogP contribution in [0.3, 0.4) is 0 Å². The molecule has 3 rings (SSSR count). The fraction of sp³-hybridized carbons (Fsp3) is 0.348. The molecule has 1 aliphatic carbocycles. The van der Waals surface area contributed by atoms with E-state index in [2.05, 4.69) is 34.2 Å². The van der Waals surface area contributed by atoms with Gasteiger partial charge in [0.1, 0.15) is 28.5 Å². The highest BCUT2D eigenvalue weighted by atomic mass is 79.9. The lowest BCUT2D eigenvalue weighted by molar-refractivity contribution is -0.112. The summed E-state index contributed by atoms with van der Waals surface area (Å²) in [6.45, 7) is 4.05. The van der Waals surface area contributed by atoms with E-state index in [1.165, 1.54) is 17.4 Å². The maximum Gasteiger partial charge on any atom is 0.266 e. The van der Waals surface area contributed by atoms with Crippen molar-refractivity contribution in [1.29, 1.82) is 10.5 Å². The number of hydrogen-bond donors (Lipinski definition) is 1. The van der Waals surface area contributed by atoms with Crippen molar-refractivity contribution in [2.24, 2.45) is 0 Å². The highest BCUT2D eigenvalue weighted by Gasteiger charge is 2.22. The Morgan fingerprint density at radius 3 is 2.80 bits per heavy atom. The highest BCUT2D eigenvalue weighted by molar-refractivity contribution is 9.10. The average Bonchev–Trinajstić information content (AvgIpc) is 3.10. The first kappa shape index (κ1) is 22.1. The lowest BCUT2D eigenvalue weighted by Gasteiger charge is -2.14. The molecule has 0 radical (unpaired) electrons. The first-order valence-corrected chi connectivity index (χ1v) is 11.5. The number of thiophene rings is 1. The van der Waals surface area contributed by atoms with E-state index in [4.69, 9.17) is 4.74 Å². The molecule has 30 heavy (non-hydrogen) atoms. The first-order chi connectivity index (χ1) is 14.5. The predicted molar refractivity (Wildman–Crippen MR) is 122 cm³/mol. The summed E-state index contributed by atoms with van der Waals surface area (Å²) in [5.41, 5.74) is 2.27. The Kier molecular flexibility index (Phi) is 7.31. The molecule has 7 heteroatoms. The Morgan fingerprint density at radius 2 is 2.13 bits per heavy atom. The number of aryl methyl sites for hydroxylation is 1. The summed E-state index contributed by atoms with van der Waals surface area (Å²) in [7, 11) is 0. The smallest absolute Gasteiger partial charge is 0.266 e. The molecular weight excluding hydrogens is 462 g/mol. The van der Waals surface area contributed by atoms with Gasteiger partial charge in [-0.2, -0.15) is 10.5 Å². The Morgan fingerprint density at radius 1 is 1.37 bits per heavy atom. The zero-order chi connectivity index (χ0) is 21.7. The molecule has 1 heterocycles. The van der Waals surface area contributed by atoms with Gasteiger partial charge in [0, 0.05) is 4.88 Å². The molecule has 5 nitrogen and oxygen atoms in total. The van der Waals surface area contributed by atoms with Crippen LogP contribution in [-0.2, 0) is 17.6 Å². The molecule has 1 N–H and O–H groups in total. The van der Waals surface area contributed by atoms with E-state index in [-0.39, 0.29) is 11.7 Å². The predicted octanol–water partition coefficient (Wildman–Crippen LogP) is 5.98. The van der Waals surface area contributed by atoms with Gasteiger partial charge in [-0.15, -0.1) is 11.3 Å². The summed E-state index contributed by atoms with van der Waals surface area (Å²) in [4.78, 5) is 13.9. The van der Waals surface area contributed by atoms with Crippen LogP contribution >= 0.6 is 27.3 Å². The van der Waals surface area contributed by atoms with Crippen LogP contribution in [0.4, 0.5) is 5.00 Å². The quantitative estimate of drug-likeness (QED) is 0.404. The molecule has 0 aliphatic heterocycles. The number of fused-ring (bicyclic) bond motifs is 1. The second-order valence-corrected chi connectivity index (χ2v) is 9.14. The fourth-order valence-electron chi connectivity index (χ4n) is 3.26. The lowest BCUT2D eigenvalue weighted by atomic mass is 9.96. The molecule has 0 saturated heterocycles. The molecule has 154 valence electrons. The van der Waals surface area contributed by atoms with Gasteiger partial charge in [0.2, 0.25) is 0 Å². The molecule has 2 aromatic rings. The maximum absolute atomic E-state index is 12.7. The van der Waals surface area contributed by atoms with Crippen LogP contribution in [0.1, 0.15) is 54.7 Å². The van der Waals surface area contributed by atoms with Crippen LogP contribution in [0.5, 0.6) is 5.75 Å². The normalized spacial score (nSPS) is 14.2. The van der Waals surface area contributed by atoms with Crippen molar-refractivity contribution >= 4 is 44.3 Å². The molecule has 1 aliphatic rings. The van der Waals surface area contributed by atoms with E-state index in [0.29, 0.717) is 21.9 Å². The lowest BCUT2D eigenvalue weighted by Crippen LogP contribution is -2.13. The minimum Gasteiger partial charge on any atom is -0.490 e. The number of carbonyl (C=O) groups excluding carboxylic acids is 1. The van der Waals surface area contributed by atoms with Crippen molar-refractivity contribution in [2.75, 3.05) is 5.32 Å². The Bertz CT molecular complexity index is 1080. The number of carbonyl (C=O) groups is 1. The number of nitriles is 2. The van der Waals surface area contributed by atoms with Gasteiger partial charge in [0.05, 0.1) is 16.1 Å². The van der Waals surface area contributed by atoms with Gasteiger partial charge in [-0.3, -0.25) is 4.79 Å². The van der Waals surface area contributed by atoms with E-state index >= 15 is 0 Å². The third-order valence-corrected chi connectivity index (χ3v) is 6.87. The topological polar surface area (TPSA) is 85.9 Å². The summed E-state index contributed by atoms with van der Waals surface area (Å²) in [5, 5.41) is 22.4. The van der Waals surface area contributed by atoms with E-state index in [1.54, 1.807) is 6.07 Å². The molecule has 0 spiro atoms. The van der Waals surface area contributed by atoms with Gasteiger partial charge in [-0.1, -0.05) is 13.0 Å². The number of halogens is 1. The number of rotatable bonds is 6. The number of ether oxygens (including phenoxy) is 1. The van der Waals surface area contributed by atoms with Crippen LogP contribution in [0.25, 0.3) is 6.08 Å². The number of nitrogens with one attached hydrogen (secondary N) is 1. The molecule has 0 fully saturated rings. The van der Waals surface area contributed by atoms with E-state index in [1.807, 2.05) is 25.1 Å². The standard InChI is InChI=1S/C23H22BrN3O2S/c1-3-14(2)29-20-9-8-15(11-19(20)24)10-16(12-25)22(28)27-23-18(13-26)17-6-4-5-7-21(17)30-23/h8-11,14H,3-7H2,1-2H3,(H,27,28). The number of anilines is 1. The van der Waals surface area contributed by atoms with Crippen LogP contribution in [-0.4, -0.2) is 12.0 Å². The number of benzene rings is 1. The Hall–Kier alpha value is -2.61. The molecule has 0 saturated carbocycles. The van der Waals surface area contributed by atoms with Gasteiger partial charge < -0.3 is 10.1 Å². The van der Waals surface area contributed by atoms with Crippen molar-refractivity contribution in [3.8, 4) is 17.9 Å². The number of hydrogen-bond acceptors (Lipinski definition) is 5. The van der Waals surface area contributed by atoms with Gasteiger partial charge in [-0.05, 0) is 84.3 Å². The SMILES string of the molecule is CCC(C)Oc1ccc(C=C(C#N)C(=O)Nc2sc3c(c2C#N)CCCC3)cc1Br. The molecule has 1 aromatic carbocycles. The zero-order valence-corrected chi connectivity index (χ0v) is 19.3. The van der Waals surface area contributed by atoms with Crippen LogP contribution in [0, 0.1) is 22.7 Å². The summed E-state index contributed by atoms with van der Waals surface area (Å²) >= 11 is 4.93. The van der Waals surface area contributed by atoms with E-state index < -0.39 is 5.91 Å².